The van der Waals surface area contributed by atoms with Gasteiger partial charge in [-0.05, 0) is 0 Å². The van der Waals surface area contributed by atoms with Gasteiger partial charge in [-0.3, -0.25) is 6.58 Å². The summed E-state index contributed by atoms with van der Waals surface area (Å²) in [5.74, 6) is 0. The molecule has 0 aliphatic rings. The number of hydrogen-bond acceptors (Lipinski definition) is 0. The van der Waals surface area contributed by atoms with Crippen molar-refractivity contribution in [3.05, 3.63) is 13.2 Å². The van der Waals surface area contributed by atoms with Crippen molar-refractivity contribution in [1.29, 1.82) is 0 Å². The first kappa shape index (κ1) is 20.1. The van der Waals surface area contributed by atoms with Crippen LogP contribution in [0, 0.1) is 6.58 Å². The van der Waals surface area contributed by atoms with Crippen molar-refractivity contribution in [2.45, 2.75) is 0 Å². The van der Waals surface area contributed by atoms with E-state index in [1.165, 1.54) is 0 Å². The van der Waals surface area contributed by atoms with Crippen LogP contribution in [-0.4, -0.2) is 0 Å². The first-order valence-corrected chi connectivity index (χ1v) is 0.408. The monoisotopic (exact) mass is 210 g/mol. The molecule has 0 saturated carbocycles. The van der Waals surface area contributed by atoms with Crippen molar-refractivity contribution in [3.8, 4) is 0 Å². The third-order valence-corrected chi connectivity index (χ3v) is 0. The quantitative estimate of drug-likeness (QED) is 0.320. The molecule has 0 nitrogen and oxygen atoms in total. The van der Waals surface area contributed by atoms with Crippen molar-refractivity contribution in [3.63, 3.8) is 0 Å². The smallest absolute Gasteiger partial charge is 0 e. The molecule has 0 heterocycles. The fourth-order valence-corrected chi connectivity index (χ4v) is 0. The molecule has 0 aliphatic carbocycles. The minimum Gasteiger partial charge on any atom is -0.521 e. The molecule has 0 atom stereocenters. The molecule has 2 heteroatoms. The number of halogens is 1. The number of hydrogen-bond donors (Lipinski definition) is 0. The van der Waals surface area contributed by atoms with Gasteiger partial charge >= 0.3 is 0 Å². The van der Waals surface area contributed by atoms with Crippen LogP contribution in [0.2, 0.25) is 0 Å². The van der Waals surface area contributed by atoms with E-state index in [2.05, 4.69) is 13.2 Å². The summed E-state index contributed by atoms with van der Waals surface area (Å²) < 4.78 is 0. The Balaban J connectivity index is -0.00000000500. The van der Waals surface area contributed by atoms with Gasteiger partial charge in [-0.1, -0.05) is 0 Å². The Labute approximate surface area is 54.2 Å². The molecular weight excluding hydrogens is 206 g/mol. The summed E-state index contributed by atoms with van der Waals surface area (Å²) in [5, 5.41) is 0. The third kappa shape index (κ3) is 12.1. The molecule has 4 heavy (non-hydrogen) atoms. The summed E-state index contributed by atoms with van der Waals surface area (Å²) in [6, 6.07) is 0. The summed E-state index contributed by atoms with van der Waals surface area (Å²) in [6.07, 6.45) is 0. The maximum atomic E-state index is 4.25. The van der Waals surface area contributed by atoms with Gasteiger partial charge in [0.05, 0.1) is 0 Å². The van der Waals surface area contributed by atoms with Gasteiger partial charge in [0, 0.05) is 17.1 Å². The van der Waals surface area contributed by atoms with Gasteiger partial charge in [-0.25, -0.2) is 0 Å². The second kappa shape index (κ2) is 36.4. The van der Waals surface area contributed by atoms with Crippen LogP contribution in [0.5, 0.6) is 0 Å². The van der Waals surface area contributed by atoms with E-state index in [4.69, 9.17) is 0 Å². The van der Waals surface area contributed by atoms with Gasteiger partial charge in [0.2, 0.25) is 0 Å². The Hall–Kier alpha value is 0.989. The van der Waals surface area contributed by atoms with E-state index in [1.54, 1.807) is 0 Å². The first-order chi connectivity index (χ1) is 1.00. The molecule has 0 aromatic heterocycles. The zero-order chi connectivity index (χ0) is 2.00. The molecule has 0 unspecified atom stereocenters. The van der Waals surface area contributed by atoms with Crippen LogP contribution in [-0.2, 0) is 17.1 Å². The SMILES string of the molecule is I.[CH-]=C.[Mn]. The van der Waals surface area contributed by atoms with Crippen LogP contribution in [0.3, 0.4) is 0 Å². The van der Waals surface area contributed by atoms with E-state index < -0.39 is 0 Å². The maximum Gasteiger partial charge on any atom is 0 e. The van der Waals surface area contributed by atoms with E-state index in [0.29, 0.717) is 0 Å². The molecule has 27 valence electrons. The average Bonchev–Trinajstić information content (AvgIpc) is 1.00. The van der Waals surface area contributed by atoms with E-state index in [9.17, 15) is 0 Å². The zero-order valence-corrected chi connectivity index (χ0v) is 5.58. The van der Waals surface area contributed by atoms with Gasteiger partial charge in [0.15, 0.2) is 0 Å². The Morgan fingerprint density at radius 2 is 1.25 bits per heavy atom. The van der Waals surface area contributed by atoms with E-state index in [-0.39, 0.29) is 41.0 Å². The van der Waals surface area contributed by atoms with Crippen LogP contribution >= 0.6 is 24.0 Å². The topological polar surface area (TPSA) is 0 Å². The summed E-state index contributed by atoms with van der Waals surface area (Å²) >= 11 is 0. The predicted octanol–water partition coefficient (Wildman–Crippen LogP) is 1.22. The summed E-state index contributed by atoms with van der Waals surface area (Å²) in [7, 11) is 0. The van der Waals surface area contributed by atoms with Crippen molar-refractivity contribution in [2.24, 2.45) is 0 Å². The molecule has 0 aromatic rings. The second-order valence-electron chi connectivity index (χ2n) is 0. The molecule has 0 N–H and O–H groups in total. The van der Waals surface area contributed by atoms with Gasteiger partial charge < -0.3 is 6.58 Å². The standard InChI is InChI=1S/C2H3.HI.Mn/c1-2;;/h1H,2H2;1H;/q-1;;. The van der Waals surface area contributed by atoms with Crippen molar-refractivity contribution in [1.82, 2.24) is 0 Å². The van der Waals surface area contributed by atoms with Gasteiger partial charge in [0.1, 0.15) is 0 Å². The van der Waals surface area contributed by atoms with Crippen LogP contribution < -0.4 is 0 Å². The van der Waals surface area contributed by atoms with Crippen molar-refractivity contribution in [2.75, 3.05) is 0 Å². The average molecular weight is 210 g/mol. The van der Waals surface area contributed by atoms with E-state index in [0.717, 1.165) is 0 Å². The van der Waals surface area contributed by atoms with Gasteiger partial charge in [-0.15, -0.1) is 24.0 Å². The molecule has 0 saturated heterocycles. The minimum atomic E-state index is 0. The van der Waals surface area contributed by atoms with Crippen LogP contribution in [0.1, 0.15) is 0 Å². The Morgan fingerprint density at radius 3 is 1.25 bits per heavy atom. The molecule has 0 bridgehead atoms. The largest absolute Gasteiger partial charge is 0.521 e. The molecule has 0 aromatic carbocycles. The Kier molecular flexibility index (Phi) is 183. The minimum absolute atomic E-state index is 0. The fourth-order valence-electron chi connectivity index (χ4n) is 0. The van der Waals surface area contributed by atoms with Crippen LogP contribution in [0.4, 0.5) is 0 Å². The molecular formula is C2H4IMn-. The summed E-state index contributed by atoms with van der Waals surface area (Å²) in [6.45, 7) is 7.00. The molecule has 0 amide bonds. The molecule has 0 rings (SSSR count). The molecule has 0 fully saturated rings. The van der Waals surface area contributed by atoms with Crippen LogP contribution in [0.25, 0.3) is 0 Å². The van der Waals surface area contributed by atoms with Gasteiger partial charge in [0.25, 0.3) is 0 Å². The predicted molar refractivity (Wildman–Crippen MR) is 25.3 cm³/mol. The zero-order valence-electron chi connectivity index (χ0n) is 2.07. The van der Waals surface area contributed by atoms with Gasteiger partial charge in [-0.2, -0.15) is 0 Å². The molecule has 0 spiro atoms. The third-order valence-electron chi connectivity index (χ3n) is 0. The Bertz CT molecular complexity index is 6.00. The van der Waals surface area contributed by atoms with Crippen LogP contribution in [0.15, 0.2) is 6.58 Å². The summed E-state index contributed by atoms with van der Waals surface area (Å²) in [5.41, 5.74) is 0. The van der Waals surface area contributed by atoms with E-state index in [1.807, 2.05) is 0 Å². The summed E-state index contributed by atoms with van der Waals surface area (Å²) in [4.78, 5) is 0. The first-order valence-electron chi connectivity index (χ1n) is 0.408. The maximum absolute atomic E-state index is 4.25. The fraction of sp³-hybridized carbons (Fsp3) is 0. The van der Waals surface area contributed by atoms with Crippen molar-refractivity contribution < 1.29 is 17.1 Å². The Morgan fingerprint density at radius 1 is 1.25 bits per heavy atom. The second-order valence-corrected chi connectivity index (χ2v) is 0. The van der Waals surface area contributed by atoms with Crippen molar-refractivity contribution >= 4 is 24.0 Å². The molecule has 0 aliphatic heterocycles. The number of rotatable bonds is 0. The van der Waals surface area contributed by atoms with E-state index >= 15 is 0 Å². The molecule has 1 radical (unpaired) electrons. The normalized spacial score (nSPS) is 1.00.